The summed E-state index contributed by atoms with van der Waals surface area (Å²) in [5.74, 6) is -1.23. The predicted molar refractivity (Wildman–Crippen MR) is 116 cm³/mol. The standard InChI is InChI=1S/C23H27N3O5/c24-22(29)20(13-7-12-17-8-3-1-4-9-17)26-21(28)14-19(27)15-25-23(30)31-16-18-10-5-2-6-11-18/h1-12,19-20,27H,13-16H2,(H2,24,29)(H,25,30)(H,26,28)/b12-7+/t19-,20+/m0/s1. The van der Waals surface area contributed by atoms with Gasteiger partial charge in [0.25, 0.3) is 0 Å². The van der Waals surface area contributed by atoms with Crippen molar-refractivity contribution in [3.63, 3.8) is 0 Å². The van der Waals surface area contributed by atoms with E-state index in [-0.39, 0.29) is 26.0 Å². The van der Waals surface area contributed by atoms with Crippen LogP contribution >= 0.6 is 0 Å². The van der Waals surface area contributed by atoms with E-state index in [0.717, 1.165) is 11.1 Å². The van der Waals surface area contributed by atoms with Crippen LogP contribution in [0.15, 0.2) is 66.7 Å². The Kier molecular flexibility index (Phi) is 9.77. The van der Waals surface area contributed by atoms with Crippen LogP contribution in [0.3, 0.4) is 0 Å². The minimum atomic E-state index is -1.14. The van der Waals surface area contributed by atoms with E-state index >= 15 is 0 Å². The lowest BCUT2D eigenvalue weighted by Crippen LogP contribution is -2.45. The third-order valence-electron chi connectivity index (χ3n) is 4.28. The highest BCUT2D eigenvalue weighted by Crippen LogP contribution is 2.04. The summed E-state index contributed by atoms with van der Waals surface area (Å²) in [7, 11) is 0. The Morgan fingerprint density at radius 3 is 2.32 bits per heavy atom. The highest BCUT2D eigenvalue weighted by molar-refractivity contribution is 5.87. The molecule has 164 valence electrons. The lowest BCUT2D eigenvalue weighted by molar-refractivity contribution is -0.128. The molecule has 0 bridgehead atoms. The van der Waals surface area contributed by atoms with Gasteiger partial charge in [0, 0.05) is 6.54 Å². The number of aliphatic hydroxyl groups excluding tert-OH is 1. The number of benzene rings is 2. The zero-order chi connectivity index (χ0) is 22.5. The van der Waals surface area contributed by atoms with E-state index in [4.69, 9.17) is 10.5 Å². The van der Waals surface area contributed by atoms with Gasteiger partial charge in [-0.3, -0.25) is 9.59 Å². The molecule has 0 saturated heterocycles. The Hall–Kier alpha value is -3.65. The third kappa shape index (κ3) is 9.60. The van der Waals surface area contributed by atoms with Crippen molar-refractivity contribution in [2.45, 2.75) is 31.6 Å². The molecule has 5 N–H and O–H groups in total. The number of nitrogens with one attached hydrogen (secondary N) is 2. The molecule has 8 heteroatoms. The van der Waals surface area contributed by atoms with E-state index in [9.17, 15) is 19.5 Å². The van der Waals surface area contributed by atoms with Crippen molar-refractivity contribution in [2.24, 2.45) is 5.73 Å². The zero-order valence-electron chi connectivity index (χ0n) is 17.1. The molecule has 0 aliphatic carbocycles. The number of hydrogen-bond acceptors (Lipinski definition) is 5. The summed E-state index contributed by atoms with van der Waals surface area (Å²) in [6.45, 7) is -0.0732. The van der Waals surface area contributed by atoms with Gasteiger partial charge in [-0.2, -0.15) is 0 Å². The maximum Gasteiger partial charge on any atom is 0.407 e. The first kappa shape index (κ1) is 23.6. The summed E-state index contributed by atoms with van der Waals surface area (Å²) < 4.78 is 5.03. The molecule has 0 radical (unpaired) electrons. The number of nitrogens with two attached hydrogens (primary N) is 1. The van der Waals surface area contributed by atoms with E-state index < -0.39 is 30.1 Å². The Labute approximate surface area is 181 Å². The maximum absolute atomic E-state index is 12.1. The molecule has 8 nitrogen and oxygen atoms in total. The van der Waals surface area contributed by atoms with Gasteiger partial charge < -0.3 is 26.2 Å². The van der Waals surface area contributed by atoms with Gasteiger partial charge in [0.05, 0.1) is 12.5 Å². The van der Waals surface area contributed by atoms with Crippen molar-refractivity contribution < 1.29 is 24.2 Å². The second-order valence-corrected chi connectivity index (χ2v) is 6.87. The molecule has 0 fully saturated rings. The number of carbonyl (C=O) groups excluding carboxylic acids is 3. The molecule has 0 spiro atoms. The molecule has 0 unspecified atom stereocenters. The first-order chi connectivity index (χ1) is 14.9. The highest BCUT2D eigenvalue weighted by atomic mass is 16.5. The molecule has 3 amide bonds. The van der Waals surface area contributed by atoms with Gasteiger partial charge in [-0.05, 0) is 17.5 Å². The number of hydrogen-bond donors (Lipinski definition) is 4. The van der Waals surface area contributed by atoms with Crippen molar-refractivity contribution in [3.8, 4) is 0 Å². The van der Waals surface area contributed by atoms with E-state index in [1.807, 2.05) is 66.7 Å². The van der Waals surface area contributed by atoms with Crippen molar-refractivity contribution in [2.75, 3.05) is 6.54 Å². The summed E-state index contributed by atoms with van der Waals surface area (Å²) in [6.07, 6.45) is 1.64. The number of carbonyl (C=O) groups is 3. The summed E-state index contributed by atoms with van der Waals surface area (Å²) in [4.78, 5) is 35.4. The summed E-state index contributed by atoms with van der Waals surface area (Å²) in [5, 5.41) is 14.9. The predicted octanol–water partition coefficient (Wildman–Crippen LogP) is 1.74. The van der Waals surface area contributed by atoms with Crippen LogP contribution in [0, 0.1) is 0 Å². The SMILES string of the molecule is NC(=O)[C@@H](C/C=C/c1ccccc1)NC(=O)C[C@H](O)CNC(=O)OCc1ccccc1. The molecule has 31 heavy (non-hydrogen) atoms. The van der Waals surface area contributed by atoms with Gasteiger partial charge in [-0.25, -0.2) is 4.79 Å². The molecular formula is C23H27N3O5. The van der Waals surface area contributed by atoms with Gasteiger partial charge in [-0.15, -0.1) is 0 Å². The van der Waals surface area contributed by atoms with Gasteiger partial charge >= 0.3 is 6.09 Å². The smallest absolute Gasteiger partial charge is 0.407 e. The molecular weight excluding hydrogens is 398 g/mol. The number of rotatable bonds is 11. The maximum atomic E-state index is 12.1. The van der Waals surface area contributed by atoms with Crippen LogP contribution < -0.4 is 16.4 Å². The number of alkyl carbamates (subject to hydrolysis) is 1. The van der Waals surface area contributed by atoms with Crippen molar-refractivity contribution in [1.29, 1.82) is 0 Å². The van der Waals surface area contributed by atoms with Crippen molar-refractivity contribution >= 4 is 24.0 Å². The van der Waals surface area contributed by atoms with Crippen LogP contribution in [0.25, 0.3) is 6.08 Å². The molecule has 0 aliphatic rings. The number of ether oxygens (including phenoxy) is 1. The minimum Gasteiger partial charge on any atom is -0.445 e. The fourth-order valence-electron chi connectivity index (χ4n) is 2.67. The van der Waals surface area contributed by atoms with Gasteiger partial charge in [-0.1, -0.05) is 72.8 Å². The lowest BCUT2D eigenvalue weighted by Gasteiger charge is -2.16. The van der Waals surface area contributed by atoms with Crippen LogP contribution in [0.2, 0.25) is 0 Å². The quantitative estimate of drug-likeness (QED) is 0.436. The summed E-state index contributed by atoms with van der Waals surface area (Å²) in [5.41, 5.74) is 7.14. The molecule has 2 atom stereocenters. The van der Waals surface area contributed by atoms with Crippen LogP contribution in [-0.2, 0) is 20.9 Å². The molecule has 0 aromatic heterocycles. The number of amides is 3. The van der Waals surface area contributed by atoms with Crippen molar-refractivity contribution in [3.05, 3.63) is 77.9 Å². The van der Waals surface area contributed by atoms with Crippen LogP contribution in [-0.4, -0.2) is 41.7 Å². The van der Waals surface area contributed by atoms with E-state index in [1.165, 1.54) is 0 Å². The summed E-state index contributed by atoms with van der Waals surface area (Å²) in [6, 6.07) is 17.7. The molecule has 0 aliphatic heterocycles. The third-order valence-corrected chi connectivity index (χ3v) is 4.28. The number of primary amides is 1. The van der Waals surface area contributed by atoms with Gasteiger partial charge in [0.2, 0.25) is 11.8 Å². The Bertz CT molecular complexity index is 871. The average Bonchev–Trinajstić information content (AvgIpc) is 2.77. The fourth-order valence-corrected chi connectivity index (χ4v) is 2.67. The van der Waals surface area contributed by atoms with Gasteiger partial charge in [0.1, 0.15) is 12.6 Å². The summed E-state index contributed by atoms with van der Waals surface area (Å²) >= 11 is 0. The number of aliphatic hydroxyl groups is 1. The second-order valence-electron chi connectivity index (χ2n) is 6.87. The van der Waals surface area contributed by atoms with Gasteiger partial charge in [0.15, 0.2) is 0 Å². The first-order valence-corrected chi connectivity index (χ1v) is 9.87. The normalized spacial score (nSPS) is 12.7. The Morgan fingerprint density at radius 1 is 1.03 bits per heavy atom. The largest absolute Gasteiger partial charge is 0.445 e. The average molecular weight is 425 g/mol. The fraction of sp³-hybridized carbons (Fsp3) is 0.261. The monoisotopic (exact) mass is 425 g/mol. The molecule has 2 rings (SSSR count). The van der Waals surface area contributed by atoms with Crippen LogP contribution in [0.5, 0.6) is 0 Å². The molecule has 2 aromatic rings. The van der Waals surface area contributed by atoms with E-state index in [2.05, 4.69) is 10.6 Å². The molecule has 0 saturated carbocycles. The topological polar surface area (TPSA) is 131 Å². The van der Waals surface area contributed by atoms with Crippen LogP contribution in [0.1, 0.15) is 24.0 Å². The van der Waals surface area contributed by atoms with Crippen LogP contribution in [0.4, 0.5) is 4.79 Å². The second kappa shape index (κ2) is 12.8. The van der Waals surface area contributed by atoms with E-state index in [1.54, 1.807) is 6.08 Å². The lowest BCUT2D eigenvalue weighted by atomic mass is 10.1. The molecule has 0 heterocycles. The van der Waals surface area contributed by atoms with E-state index in [0.29, 0.717) is 0 Å². The first-order valence-electron chi connectivity index (χ1n) is 9.87. The minimum absolute atomic E-state index is 0.0973. The van der Waals surface area contributed by atoms with Crippen molar-refractivity contribution in [1.82, 2.24) is 10.6 Å². The zero-order valence-corrected chi connectivity index (χ0v) is 17.1. The Morgan fingerprint density at radius 2 is 1.68 bits per heavy atom. The molecule has 2 aromatic carbocycles. The highest BCUT2D eigenvalue weighted by Gasteiger charge is 2.19. The Balaban J connectivity index is 1.70.